The van der Waals surface area contributed by atoms with Crippen molar-refractivity contribution in [3.63, 3.8) is 0 Å². The molecule has 6 nitrogen and oxygen atoms in total. The maximum atomic E-state index is 11.2. The van der Waals surface area contributed by atoms with Crippen LogP contribution in [0.5, 0.6) is 0 Å². The summed E-state index contributed by atoms with van der Waals surface area (Å²) in [6.07, 6.45) is 0. The predicted molar refractivity (Wildman–Crippen MR) is 84.6 cm³/mol. The second-order valence-electron chi connectivity index (χ2n) is 5.68. The van der Waals surface area contributed by atoms with Crippen molar-refractivity contribution in [1.29, 1.82) is 0 Å². The number of anilines is 1. The van der Waals surface area contributed by atoms with Crippen LogP contribution in [-0.4, -0.2) is 54.0 Å². The van der Waals surface area contributed by atoms with Gasteiger partial charge in [-0.25, -0.2) is 0 Å². The Kier molecular flexibility index (Phi) is 5.14. The van der Waals surface area contributed by atoms with Gasteiger partial charge in [0.2, 0.25) is 0 Å². The van der Waals surface area contributed by atoms with E-state index in [0.29, 0.717) is 18.3 Å². The number of hydrogen-bond acceptors (Lipinski definition) is 5. The summed E-state index contributed by atoms with van der Waals surface area (Å²) in [4.78, 5) is 15.6. The van der Waals surface area contributed by atoms with Crippen molar-refractivity contribution in [2.24, 2.45) is 0 Å². The van der Waals surface area contributed by atoms with Crippen molar-refractivity contribution in [2.75, 3.05) is 38.5 Å². The average molecular weight is 292 g/mol. The average Bonchev–Trinajstić information content (AvgIpc) is 2.43. The lowest BCUT2D eigenvalue weighted by Crippen LogP contribution is -2.49. The highest BCUT2D eigenvalue weighted by Crippen LogP contribution is 2.29. The van der Waals surface area contributed by atoms with Crippen LogP contribution in [0.15, 0.2) is 18.2 Å². The predicted octanol–water partition coefficient (Wildman–Crippen LogP) is 2.16. The standard InChI is InChI=1S/C15H24N4O2/c1-4-16-15-13(6-5-7-14(15)19(20)21)11-18-9-8-17(3)10-12(18)2/h5-7,12,16H,4,8-11H2,1-3H3. The second-order valence-corrected chi connectivity index (χ2v) is 5.68. The van der Waals surface area contributed by atoms with Crippen LogP contribution in [0.3, 0.4) is 0 Å². The molecule has 1 atom stereocenters. The van der Waals surface area contributed by atoms with Crippen molar-refractivity contribution in [3.05, 3.63) is 33.9 Å². The fraction of sp³-hybridized carbons (Fsp3) is 0.600. The zero-order valence-corrected chi connectivity index (χ0v) is 13.0. The van der Waals surface area contributed by atoms with E-state index in [1.807, 2.05) is 13.0 Å². The molecule has 0 aromatic heterocycles. The quantitative estimate of drug-likeness (QED) is 0.665. The van der Waals surface area contributed by atoms with Crippen molar-refractivity contribution in [1.82, 2.24) is 9.80 Å². The van der Waals surface area contributed by atoms with E-state index in [0.717, 1.165) is 31.7 Å². The third kappa shape index (κ3) is 3.71. The topological polar surface area (TPSA) is 61.6 Å². The second kappa shape index (κ2) is 6.87. The lowest BCUT2D eigenvalue weighted by atomic mass is 10.1. The highest BCUT2D eigenvalue weighted by atomic mass is 16.6. The van der Waals surface area contributed by atoms with E-state index in [-0.39, 0.29) is 10.6 Å². The number of benzene rings is 1. The molecule has 0 aliphatic carbocycles. The largest absolute Gasteiger partial charge is 0.380 e. The first-order valence-electron chi connectivity index (χ1n) is 7.45. The van der Waals surface area contributed by atoms with Crippen LogP contribution in [0.25, 0.3) is 0 Å². The third-order valence-corrected chi connectivity index (χ3v) is 4.02. The highest BCUT2D eigenvalue weighted by Gasteiger charge is 2.24. The van der Waals surface area contributed by atoms with Gasteiger partial charge < -0.3 is 10.2 Å². The molecule has 1 saturated heterocycles. The number of nitro benzene ring substituents is 1. The van der Waals surface area contributed by atoms with Gasteiger partial charge in [0.05, 0.1) is 4.92 Å². The first-order valence-corrected chi connectivity index (χ1v) is 7.45. The summed E-state index contributed by atoms with van der Waals surface area (Å²) in [5.74, 6) is 0. The van der Waals surface area contributed by atoms with Gasteiger partial charge in [-0.15, -0.1) is 0 Å². The minimum absolute atomic E-state index is 0.163. The molecule has 1 fully saturated rings. The lowest BCUT2D eigenvalue weighted by Gasteiger charge is -2.38. The molecule has 21 heavy (non-hydrogen) atoms. The van der Waals surface area contributed by atoms with Gasteiger partial charge in [0.15, 0.2) is 0 Å². The monoisotopic (exact) mass is 292 g/mol. The van der Waals surface area contributed by atoms with Crippen LogP contribution in [0.4, 0.5) is 11.4 Å². The number of likely N-dealkylation sites (N-methyl/N-ethyl adjacent to an activating group) is 1. The molecule has 0 amide bonds. The van der Waals surface area contributed by atoms with Gasteiger partial charge in [-0.3, -0.25) is 15.0 Å². The molecule has 0 spiro atoms. The minimum Gasteiger partial charge on any atom is -0.380 e. The molecular weight excluding hydrogens is 268 g/mol. The maximum Gasteiger partial charge on any atom is 0.292 e. The minimum atomic E-state index is -0.311. The summed E-state index contributed by atoms with van der Waals surface area (Å²) in [5.41, 5.74) is 1.83. The number of nitrogens with one attached hydrogen (secondary N) is 1. The van der Waals surface area contributed by atoms with Crippen molar-refractivity contribution >= 4 is 11.4 Å². The molecule has 0 saturated carbocycles. The van der Waals surface area contributed by atoms with Crippen molar-refractivity contribution in [2.45, 2.75) is 26.4 Å². The van der Waals surface area contributed by atoms with E-state index in [9.17, 15) is 10.1 Å². The molecule has 1 aromatic carbocycles. The first-order chi connectivity index (χ1) is 10.0. The van der Waals surface area contributed by atoms with Gasteiger partial charge in [-0.05, 0) is 26.5 Å². The Hall–Kier alpha value is -1.66. The number of rotatable bonds is 5. The number of nitrogens with zero attached hydrogens (tertiary/aromatic N) is 3. The highest BCUT2D eigenvalue weighted by molar-refractivity contribution is 5.66. The van der Waals surface area contributed by atoms with Crippen molar-refractivity contribution < 1.29 is 4.92 Å². The Balaban J connectivity index is 2.23. The Morgan fingerprint density at radius 1 is 1.43 bits per heavy atom. The number of piperazine rings is 1. The number of hydrogen-bond donors (Lipinski definition) is 1. The molecule has 6 heteroatoms. The smallest absolute Gasteiger partial charge is 0.292 e. The fourth-order valence-corrected chi connectivity index (χ4v) is 2.88. The summed E-state index contributed by atoms with van der Waals surface area (Å²) in [7, 11) is 2.13. The SMILES string of the molecule is CCNc1c(CN2CCN(C)CC2C)cccc1[N+](=O)[O-]. The Labute approximate surface area is 125 Å². The Morgan fingerprint density at radius 2 is 2.19 bits per heavy atom. The van der Waals surface area contributed by atoms with E-state index < -0.39 is 0 Å². The van der Waals surface area contributed by atoms with Gasteiger partial charge in [-0.2, -0.15) is 0 Å². The molecule has 1 unspecified atom stereocenters. The van der Waals surface area contributed by atoms with Crippen LogP contribution in [0.2, 0.25) is 0 Å². The fourth-order valence-electron chi connectivity index (χ4n) is 2.88. The summed E-state index contributed by atoms with van der Waals surface area (Å²) in [6, 6.07) is 5.78. The van der Waals surface area contributed by atoms with Gasteiger partial charge in [-0.1, -0.05) is 12.1 Å². The normalized spacial score (nSPS) is 20.4. The molecule has 1 N–H and O–H groups in total. The molecule has 0 bridgehead atoms. The van der Waals surface area contributed by atoms with E-state index in [4.69, 9.17) is 0 Å². The molecule has 1 aliphatic heterocycles. The third-order valence-electron chi connectivity index (χ3n) is 4.02. The van der Waals surface area contributed by atoms with E-state index in [2.05, 4.69) is 29.1 Å². The summed E-state index contributed by atoms with van der Waals surface area (Å²) in [6.45, 7) is 8.65. The van der Waals surface area contributed by atoms with Gasteiger partial charge in [0.1, 0.15) is 5.69 Å². The van der Waals surface area contributed by atoms with Crippen LogP contribution >= 0.6 is 0 Å². The zero-order chi connectivity index (χ0) is 15.4. The maximum absolute atomic E-state index is 11.2. The summed E-state index contributed by atoms with van der Waals surface area (Å²) in [5, 5.41) is 14.4. The summed E-state index contributed by atoms with van der Waals surface area (Å²) < 4.78 is 0. The molecule has 116 valence electrons. The van der Waals surface area contributed by atoms with Gasteiger partial charge >= 0.3 is 0 Å². The lowest BCUT2D eigenvalue weighted by molar-refractivity contribution is -0.384. The molecule has 1 aliphatic rings. The van der Waals surface area contributed by atoms with E-state index in [1.54, 1.807) is 12.1 Å². The van der Waals surface area contributed by atoms with E-state index in [1.165, 1.54) is 0 Å². The van der Waals surface area contributed by atoms with E-state index >= 15 is 0 Å². The number of para-hydroxylation sites is 1. The van der Waals surface area contributed by atoms with Crippen LogP contribution in [0, 0.1) is 10.1 Å². The van der Waals surface area contributed by atoms with Gasteiger partial charge in [0, 0.05) is 44.8 Å². The Morgan fingerprint density at radius 3 is 2.81 bits per heavy atom. The molecular formula is C15H24N4O2. The summed E-state index contributed by atoms with van der Waals surface area (Å²) >= 11 is 0. The Bertz CT molecular complexity index is 506. The van der Waals surface area contributed by atoms with Gasteiger partial charge in [0.25, 0.3) is 5.69 Å². The molecule has 1 heterocycles. The van der Waals surface area contributed by atoms with Crippen LogP contribution in [0.1, 0.15) is 19.4 Å². The molecule has 0 radical (unpaired) electrons. The van der Waals surface area contributed by atoms with Crippen molar-refractivity contribution in [3.8, 4) is 0 Å². The molecule has 1 aromatic rings. The zero-order valence-electron chi connectivity index (χ0n) is 13.0. The van der Waals surface area contributed by atoms with Crippen LogP contribution < -0.4 is 5.32 Å². The first kappa shape index (κ1) is 15.7. The number of nitro groups is 1. The molecule has 2 rings (SSSR count). The van der Waals surface area contributed by atoms with Crippen LogP contribution in [-0.2, 0) is 6.54 Å².